The molecule has 0 fully saturated rings. The minimum atomic E-state index is 1.32. The molecule has 0 saturated heterocycles. The number of hydrogen-bond donors (Lipinski definition) is 0. The number of rotatable bonds is 0. The third-order valence-corrected chi connectivity index (χ3v) is 7.11. The number of fused-ring (bicyclic) bond motifs is 8. The normalized spacial score (nSPS) is 12.2. The third kappa shape index (κ3) is 1.62. The van der Waals surface area contributed by atoms with Gasteiger partial charge in [-0.05, 0) is 35.0 Å². The van der Waals surface area contributed by atoms with Crippen molar-refractivity contribution in [3.8, 4) is 0 Å². The molecule has 24 heavy (non-hydrogen) atoms. The zero-order valence-corrected chi connectivity index (χ0v) is 14.4. The smallest absolute Gasteiger partial charge is 0.0362 e. The molecule has 2 heteroatoms. The fraction of sp³-hybridized carbons (Fsp3) is 0. The summed E-state index contributed by atoms with van der Waals surface area (Å²) in [5, 5.41) is 8.25. The predicted octanol–water partition coefficient (Wildman–Crippen LogP) is 7.58. The molecular formula is C22H12S2. The first kappa shape index (κ1) is 12.9. The molecule has 0 amide bonds. The second kappa shape index (κ2) is 4.56. The van der Waals surface area contributed by atoms with Crippen LogP contribution in [0.2, 0.25) is 0 Å². The van der Waals surface area contributed by atoms with Gasteiger partial charge in [-0.1, -0.05) is 48.5 Å². The Labute approximate surface area is 146 Å². The Hall–Kier alpha value is -2.42. The van der Waals surface area contributed by atoms with Gasteiger partial charge in [-0.15, -0.1) is 22.7 Å². The largest absolute Gasteiger partial charge is 0.135 e. The summed E-state index contributed by atoms with van der Waals surface area (Å²) in [5.74, 6) is 0. The van der Waals surface area contributed by atoms with Crippen LogP contribution in [0.15, 0.2) is 72.8 Å². The van der Waals surface area contributed by atoms with Crippen molar-refractivity contribution in [2.75, 3.05) is 0 Å². The summed E-state index contributed by atoms with van der Waals surface area (Å²) in [7, 11) is 0. The molecule has 6 rings (SSSR count). The zero-order valence-electron chi connectivity index (χ0n) is 12.7. The molecular weight excluding hydrogens is 328 g/mol. The lowest BCUT2D eigenvalue weighted by atomic mass is 10.0. The highest BCUT2D eigenvalue weighted by atomic mass is 32.1. The van der Waals surface area contributed by atoms with Gasteiger partial charge in [-0.25, -0.2) is 0 Å². The maximum absolute atomic E-state index is 2.40. The summed E-state index contributed by atoms with van der Waals surface area (Å²) < 4.78 is 5.53. The van der Waals surface area contributed by atoms with Crippen LogP contribution in [0.4, 0.5) is 0 Å². The Balaban J connectivity index is 1.87. The van der Waals surface area contributed by atoms with Crippen molar-refractivity contribution in [2.24, 2.45) is 0 Å². The molecule has 2 heterocycles. The summed E-state index contributed by atoms with van der Waals surface area (Å²) in [6, 6.07) is 26.7. The maximum atomic E-state index is 2.40. The van der Waals surface area contributed by atoms with Crippen LogP contribution in [0.5, 0.6) is 0 Å². The van der Waals surface area contributed by atoms with Crippen molar-refractivity contribution in [3.63, 3.8) is 0 Å². The molecule has 0 aliphatic rings. The Bertz CT molecular complexity index is 1400. The molecule has 0 unspecified atom stereocenters. The van der Waals surface area contributed by atoms with E-state index >= 15 is 0 Å². The monoisotopic (exact) mass is 340 g/mol. The molecule has 0 aliphatic heterocycles. The zero-order chi connectivity index (χ0) is 15.7. The molecule has 0 nitrogen and oxygen atoms in total. The lowest BCUT2D eigenvalue weighted by Gasteiger charge is -2.00. The van der Waals surface area contributed by atoms with E-state index in [1.807, 2.05) is 22.7 Å². The molecule has 0 aliphatic carbocycles. The van der Waals surface area contributed by atoms with Crippen LogP contribution in [0.3, 0.4) is 0 Å². The van der Waals surface area contributed by atoms with E-state index in [1.165, 1.54) is 51.1 Å². The van der Waals surface area contributed by atoms with Crippen molar-refractivity contribution in [3.05, 3.63) is 72.8 Å². The average Bonchev–Trinajstić information content (AvgIpc) is 3.17. The number of hydrogen-bond acceptors (Lipinski definition) is 2. The van der Waals surface area contributed by atoms with Gasteiger partial charge < -0.3 is 0 Å². The number of thiophene rings is 2. The first-order valence-corrected chi connectivity index (χ1v) is 9.67. The lowest BCUT2D eigenvalue weighted by Crippen LogP contribution is -1.73. The summed E-state index contributed by atoms with van der Waals surface area (Å²) in [6.07, 6.45) is 0. The van der Waals surface area contributed by atoms with Crippen molar-refractivity contribution in [2.45, 2.75) is 0 Å². The van der Waals surface area contributed by atoms with E-state index in [9.17, 15) is 0 Å². The summed E-state index contributed by atoms with van der Waals surface area (Å²) in [6.45, 7) is 0. The average molecular weight is 340 g/mol. The van der Waals surface area contributed by atoms with Crippen LogP contribution in [0, 0.1) is 0 Å². The molecule has 0 atom stereocenters. The fourth-order valence-corrected chi connectivity index (χ4v) is 6.03. The van der Waals surface area contributed by atoms with Gasteiger partial charge in [0, 0.05) is 40.3 Å². The van der Waals surface area contributed by atoms with Gasteiger partial charge in [0.05, 0.1) is 0 Å². The van der Waals surface area contributed by atoms with E-state index in [0.717, 1.165) is 0 Å². The quantitative estimate of drug-likeness (QED) is 0.267. The molecule has 2 aromatic heterocycles. The number of benzene rings is 4. The summed E-state index contributed by atoms with van der Waals surface area (Å²) >= 11 is 3.81. The molecule has 4 aromatic carbocycles. The van der Waals surface area contributed by atoms with Gasteiger partial charge in [0.15, 0.2) is 0 Å². The highest BCUT2D eigenvalue weighted by Crippen LogP contribution is 2.43. The van der Waals surface area contributed by atoms with Crippen LogP contribution in [-0.4, -0.2) is 0 Å². The lowest BCUT2D eigenvalue weighted by molar-refractivity contribution is 1.82. The van der Waals surface area contributed by atoms with E-state index in [-0.39, 0.29) is 0 Å². The minimum absolute atomic E-state index is 1.32. The van der Waals surface area contributed by atoms with Crippen molar-refractivity contribution in [1.29, 1.82) is 0 Å². The molecule has 0 N–H and O–H groups in total. The Kier molecular flexibility index (Phi) is 2.46. The van der Waals surface area contributed by atoms with Gasteiger partial charge in [0.25, 0.3) is 0 Å². The molecule has 0 spiro atoms. The van der Waals surface area contributed by atoms with Crippen LogP contribution >= 0.6 is 22.7 Å². The van der Waals surface area contributed by atoms with Gasteiger partial charge in [-0.2, -0.15) is 0 Å². The topological polar surface area (TPSA) is 0 Å². The van der Waals surface area contributed by atoms with Crippen LogP contribution in [0.25, 0.3) is 51.1 Å². The SMILES string of the molecule is c1ccc2c(c1)ccc1sc3cc4c(cc3c12)sc1ccccc14. The van der Waals surface area contributed by atoms with Gasteiger partial charge in [0.1, 0.15) is 0 Å². The van der Waals surface area contributed by atoms with Gasteiger partial charge >= 0.3 is 0 Å². The second-order valence-electron chi connectivity index (χ2n) is 6.20. The first-order valence-electron chi connectivity index (χ1n) is 8.04. The van der Waals surface area contributed by atoms with E-state index in [0.29, 0.717) is 0 Å². The van der Waals surface area contributed by atoms with Gasteiger partial charge in [-0.3, -0.25) is 0 Å². The summed E-state index contributed by atoms with van der Waals surface area (Å²) in [5.41, 5.74) is 0. The molecule has 112 valence electrons. The van der Waals surface area contributed by atoms with Crippen LogP contribution < -0.4 is 0 Å². The summed E-state index contributed by atoms with van der Waals surface area (Å²) in [4.78, 5) is 0. The van der Waals surface area contributed by atoms with Crippen molar-refractivity contribution >= 4 is 73.8 Å². The van der Waals surface area contributed by atoms with Crippen molar-refractivity contribution < 1.29 is 0 Å². The standard InChI is InChI=1S/C22H12S2/c1-2-6-14-13(5-1)9-10-19-22(14)17-12-20-16(11-21(17)24-19)15-7-3-4-8-18(15)23-20/h1-12H. The predicted molar refractivity (Wildman–Crippen MR) is 110 cm³/mol. The van der Waals surface area contributed by atoms with Crippen LogP contribution in [-0.2, 0) is 0 Å². The fourth-order valence-electron chi connectivity index (χ4n) is 3.76. The minimum Gasteiger partial charge on any atom is -0.135 e. The Morgan fingerprint density at radius 3 is 2.12 bits per heavy atom. The Morgan fingerprint density at radius 2 is 1.17 bits per heavy atom. The molecule has 0 radical (unpaired) electrons. The maximum Gasteiger partial charge on any atom is 0.0362 e. The van der Waals surface area contributed by atoms with E-state index in [2.05, 4.69) is 72.8 Å². The van der Waals surface area contributed by atoms with E-state index < -0.39 is 0 Å². The highest BCUT2D eigenvalue weighted by molar-refractivity contribution is 7.27. The highest BCUT2D eigenvalue weighted by Gasteiger charge is 2.12. The van der Waals surface area contributed by atoms with Crippen LogP contribution in [0.1, 0.15) is 0 Å². The molecule has 6 aromatic rings. The third-order valence-electron chi connectivity index (χ3n) is 4.86. The van der Waals surface area contributed by atoms with E-state index in [1.54, 1.807) is 0 Å². The first-order chi connectivity index (χ1) is 11.9. The Morgan fingerprint density at radius 1 is 0.458 bits per heavy atom. The molecule has 0 bridgehead atoms. The molecule has 0 saturated carbocycles. The second-order valence-corrected chi connectivity index (χ2v) is 8.37. The van der Waals surface area contributed by atoms with E-state index in [4.69, 9.17) is 0 Å². The van der Waals surface area contributed by atoms with Gasteiger partial charge in [0.2, 0.25) is 0 Å². The van der Waals surface area contributed by atoms with Crippen molar-refractivity contribution in [1.82, 2.24) is 0 Å².